The van der Waals surface area contributed by atoms with Crippen LogP contribution in [0, 0.1) is 0 Å². The average molecular weight is 396 g/mol. The molecule has 2 aromatic rings. The molecule has 0 fully saturated rings. The summed E-state index contributed by atoms with van der Waals surface area (Å²) < 4.78 is 9.70. The Morgan fingerprint density at radius 2 is 1.54 bits per heavy atom. The third-order valence-corrected chi connectivity index (χ3v) is 4.22. The molecule has 0 aliphatic carbocycles. The highest BCUT2D eigenvalue weighted by atomic mass is 35.5. The van der Waals surface area contributed by atoms with Crippen LogP contribution in [0.4, 0.5) is 5.69 Å². The Morgan fingerprint density at radius 1 is 0.962 bits per heavy atom. The summed E-state index contributed by atoms with van der Waals surface area (Å²) in [6.07, 6.45) is -1.07. The predicted molar refractivity (Wildman–Crippen MR) is 97.8 cm³/mol. The number of anilines is 1. The monoisotopic (exact) mass is 395 g/mol. The van der Waals surface area contributed by atoms with Crippen molar-refractivity contribution < 1.29 is 23.9 Å². The maximum atomic E-state index is 12.2. The molecular weight excluding hydrogens is 381 g/mol. The molecule has 2 aromatic carbocycles. The minimum absolute atomic E-state index is 0.193. The van der Waals surface area contributed by atoms with Crippen LogP contribution in [0.3, 0.4) is 0 Å². The van der Waals surface area contributed by atoms with Crippen LogP contribution in [0.5, 0.6) is 0 Å². The van der Waals surface area contributed by atoms with Crippen LogP contribution in [-0.4, -0.2) is 31.1 Å². The lowest BCUT2D eigenvalue weighted by Gasteiger charge is -2.14. The lowest BCUT2D eigenvalue weighted by atomic mass is 10.1. The van der Waals surface area contributed by atoms with Gasteiger partial charge in [0, 0.05) is 0 Å². The topological polar surface area (TPSA) is 81.7 Å². The maximum Gasteiger partial charge on any atom is 0.338 e. The fourth-order valence-electron chi connectivity index (χ4n) is 1.98. The highest BCUT2D eigenvalue weighted by molar-refractivity contribution is 6.44. The van der Waals surface area contributed by atoms with E-state index in [4.69, 9.17) is 27.9 Å². The highest BCUT2D eigenvalue weighted by Crippen LogP contribution is 2.29. The van der Waals surface area contributed by atoms with E-state index >= 15 is 0 Å². The van der Waals surface area contributed by atoms with E-state index in [1.165, 1.54) is 38.3 Å². The number of hydrogen-bond acceptors (Lipinski definition) is 5. The Morgan fingerprint density at radius 3 is 2.12 bits per heavy atom. The molecule has 1 N–H and O–H groups in total. The van der Waals surface area contributed by atoms with Crippen LogP contribution in [0.15, 0.2) is 42.5 Å². The lowest BCUT2D eigenvalue weighted by Crippen LogP contribution is -2.30. The van der Waals surface area contributed by atoms with Crippen LogP contribution >= 0.6 is 23.2 Å². The van der Waals surface area contributed by atoms with Crippen molar-refractivity contribution in [2.24, 2.45) is 0 Å². The molecule has 1 atom stereocenters. The third kappa shape index (κ3) is 4.74. The van der Waals surface area contributed by atoms with Gasteiger partial charge < -0.3 is 14.8 Å². The number of rotatable bonds is 5. The van der Waals surface area contributed by atoms with E-state index in [1.807, 2.05) is 0 Å². The number of methoxy groups -OCH3 is 1. The van der Waals surface area contributed by atoms with Crippen LogP contribution in [0.2, 0.25) is 10.0 Å². The van der Waals surface area contributed by atoms with E-state index in [1.54, 1.807) is 18.2 Å². The molecule has 0 heterocycles. The summed E-state index contributed by atoms with van der Waals surface area (Å²) in [5, 5.41) is 3.03. The summed E-state index contributed by atoms with van der Waals surface area (Å²) in [7, 11) is 1.26. The molecule has 2 rings (SSSR count). The zero-order chi connectivity index (χ0) is 19.3. The Labute approximate surface area is 160 Å². The van der Waals surface area contributed by atoms with E-state index in [2.05, 4.69) is 10.1 Å². The molecule has 0 saturated carbocycles. The van der Waals surface area contributed by atoms with Crippen molar-refractivity contribution in [3.05, 3.63) is 63.6 Å². The number of ether oxygens (including phenoxy) is 2. The van der Waals surface area contributed by atoms with Gasteiger partial charge in [0.1, 0.15) is 0 Å². The Kier molecular flexibility index (Phi) is 6.60. The number of carbonyl (C=O) groups excluding carboxylic acids is 3. The van der Waals surface area contributed by atoms with Crippen molar-refractivity contribution >= 4 is 46.7 Å². The van der Waals surface area contributed by atoms with Crippen molar-refractivity contribution in [1.82, 2.24) is 0 Å². The van der Waals surface area contributed by atoms with Crippen LogP contribution in [-0.2, 0) is 14.3 Å². The van der Waals surface area contributed by atoms with Gasteiger partial charge in [0.05, 0.1) is 34.0 Å². The van der Waals surface area contributed by atoms with Gasteiger partial charge in [-0.25, -0.2) is 9.59 Å². The molecule has 1 unspecified atom stereocenters. The van der Waals surface area contributed by atoms with Gasteiger partial charge >= 0.3 is 11.9 Å². The van der Waals surface area contributed by atoms with Crippen LogP contribution in [0.25, 0.3) is 0 Å². The second-order valence-corrected chi connectivity index (χ2v) is 5.99. The minimum atomic E-state index is -1.07. The number of amides is 1. The van der Waals surface area contributed by atoms with Crippen molar-refractivity contribution in [3.8, 4) is 0 Å². The zero-order valence-electron chi connectivity index (χ0n) is 13.9. The first-order valence-electron chi connectivity index (χ1n) is 7.47. The quantitative estimate of drug-likeness (QED) is 0.774. The summed E-state index contributed by atoms with van der Waals surface area (Å²) in [5.74, 6) is -1.79. The van der Waals surface area contributed by atoms with Crippen LogP contribution < -0.4 is 5.32 Å². The summed E-state index contributed by atoms with van der Waals surface area (Å²) >= 11 is 11.9. The van der Waals surface area contributed by atoms with E-state index in [9.17, 15) is 14.4 Å². The van der Waals surface area contributed by atoms with E-state index in [0.717, 1.165) is 0 Å². The molecule has 0 bridgehead atoms. The largest absolute Gasteiger partial charge is 0.465 e. The molecule has 136 valence electrons. The smallest absolute Gasteiger partial charge is 0.338 e. The lowest BCUT2D eigenvalue weighted by molar-refractivity contribution is -0.123. The van der Waals surface area contributed by atoms with Crippen molar-refractivity contribution in [1.29, 1.82) is 0 Å². The van der Waals surface area contributed by atoms with Crippen molar-refractivity contribution in [3.63, 3.8) is 0 Å². The zero-order valence-corrected chi connectivity index (χ0v) is 15.4. The van der Waals surface area contributed by atoms with Crippen LogP contribution in [0.1, 0.15) is 27.6 Å². The summed E-state index contributed by atoms with van der Waals surface area (Å²) in [5.41, 5.74) is 0.804. The molecule has 0 radical (unpaired) electrons. The first-order valence-corrected chi connectivity index (χ1v) is 8.23. The van der Waals surface area contributed by atoms with Gasteiger partial charge in [-0.3, -0.25) is 4.79 Å². The number of esters is 2. The van der Waals surface area contributed by atoms with Gasteiger partial charge in [-0.1, -0.05) is 29.3 Å². The second-order valence-electron chi connectivity index (χ2n) is 5.21. The first-order chi connectivity index (χ1) is 12.3. The van der Waals surface area contributed by atoms with Gasteiger partial charge in [0.15, 0.2) is 6.10 Å². The van der Waals surface area contributed by atoms with Gasteiger partial charge in [0.25, 0.3) is 5.91 Å². The van der Waals surface area contributed by atoms with Gasteiger partial charge in [-0.15, -0.1) is 0 Å². The van der Waals surface area contributed by atoms with Crippen molar-refractivity contribution in [2.45, 2.75) is 13.0 Å². The minimum Gasteiger partial charge on any atom is -0.465 e. The molecule has 0 aromatic heterocycles. The predicted octanol–water partition coefficient (Wildman–Crippen LogP) is 3.96. The van der Waals surface area contributed by atoms with E-state index in [0.29, 0.717) is 16.3 Å². The molecule has 1 amide bonds. The summed E-state index contributed by atoms with van der Waals surface area (Å²) in [6.45, 7) is 1.43. The van der Waals surface area contributed by atoms with Crippen molar-refractivity contribution in [2.75, 3.05) is 12.4 Å². The first kappa shape index (κ1) is 19.8. The third-order valence-electron chi connectivity index (χ3n) is 3.40. The molecular formula is C18H15Cl2NO5. The molecule has 8 heteroatoms. The molecule has 0 saturated heterocycles. The van der Waals surface area contributed by atoms with Gasteiger partial charge in [-0.05, 0) is 43.3 Å². The Bertz CT molecular complexity index is 836. The molecule has 0 spiro atoms. The Hall–Kier alpha value is -2.57. The molecule has 0 aliphatic heterocycles. The molecule has 6 nitrogen and oxygen atoms in total. The summed E-state index contributed by atoms with van der Waals surface area (Å²) in [4.78, 5) is 35.7. The maximum absolute atomic E-state index is 12.2. The number of halogens is 2. The molecule has 0 aliphatic rings. The average Bonchev–Trinajstić information content (AvgIpc) is 2.64. The number of hydrogen-bond donors (Lipinski definition) is 1. The van der Waals surface area contributed by atoms with Gasteiger partial charge in [-0.2, -0.15) is 0 Å². The number of benzene rings is 2. The Balaban J connectivity index is 2.00. The number of nitrogens with one attached hydrogen (secondary N) is 1. The fraction of sp³-hybridized carbons (Fsp3) is 0.167. The SMILES string of the molecule is COC(=O)c1ccc(C(=O)OC(C)C(=O)Nc2cccc(Cl)c2Cl)cc1. The van der Waals surface area contributed by atoms with Gasteiger partial charge in [0.2, 0.25) is 0 Å². The highest BCUT2D eigenvalue weighted by Gasteiger charge is 2.20. The normalized spacial score (nSPS) is 11.4. The fourth-order valence-corrected chi connectivity index (χ4v) is 2.32. The standard InChI is InChI=1S/C18H15Cl2NO5/c1-10(16(22)21-14-5-3-4-13(19)15(14)20)26-18(24)12-8-6-11(7-9-12)17(23)25-2/h3-10H,1-2H3,(H,21,22). The van der Waals surface area contributed by atoms with E-state index < -0.39 is 23.9 Å². The number of carbonyl (C=O) groups is 3. The second kappa shape index (κ2) is 8.69. The summed E-state index contributed by atoms with van der Waals surface area (Å²) in [6, 6.07) is 10.5. The molecule has 26 heavy (non-hydrogen) atoms. The van der Waals surface area contributed by atoms with E-state index in [-0.39, 0.29) is 10.6 Å².